The Hall–Kier alpha value is -1.90. The van der Waals surface area contributed by atoms with Crippen molar-refractivity contribution in [3.63, 3.8) is 0 Å². The second-order valence-electron chi connectivity index (χ2n) is 5.29. The quantitative estimate of drug-likeness (QED) is 0.301. The van der Waals surface area contributed by atoms with Crippen LogP contribution >= 0.6 is 7.60 Å². The molecular formula is C11H16N5O6P. The predicted molar refractivity (Wildman–Crippen MR) is 79.0 cm³/mol. The number of ether oxygens (including phenoxy) is 1. The van der Waals surface area contributed by atoms with Gasteiger partial charge in [-0.2, -0.15) is 0 Å². The van der Waals surface area contributed by atoms with E-state index in [4.69, 9.17) is 20.1 Å². The van der Waals surface area contributed by atoms with Crippen LogP contribution in [-0.4, -0.2) is 37.6 Å². The van der Waals surface area contributed by atoms with Gasteiger partial charge < -0.3 is 14.5 Å². The van der Waals surface area contributed by atoms with Crippen molar-refractivity contribution in [2.45, 2.75) is 38.1 Å². The molecule has 1 aromatic heterocycles. The number of azide groups is 1. The largest absolute Gasteiger partial charge is 0.354 e. The molecule has 12 heteroatoms. The Kier molecular flexibility index (Phi) is 5.08. The monoisotopic (exact) mass is 345 g/mol. The van der Waals surface area contributed by atoms with Gasteiger partial charge in [0.1, 0.15) is 6.23 Å². The van der Waals surface area contributed by atoms with E-state index in [1.165, 1.54) is 17.7 Å². The van der Waals surface area contributed by atoms with Gasteiger partial charge in [0, 0.05) is 23.1 Å². The molecule has 1 fully saturated rings. The Labute approximate surface area is 129 Å². The lowest BCUT2D eigenvalue weighted by molar-refractivity contribution is -0.00427. The fourth-order valence-electron chi connectivity index (χ4n) is 2.43. The third-order valence-corrected chi connectivity index (χ3v) is 4.41. The molecule has 126 valence electrons. The van der Waals surface area contributed by atoms with E-state index in [0.29, 0.717) is 5.56 Å². The third-order valence-electron chi connectivity index (χ3n) is 3.57. The number of aromatic nitrogens is 2. The van der Waals surface area contributed by atoms with Gasteiger partial charge in [-0.1, -0.05) is 5.11 Å². The molecule has 0 spiro atoms. The number of nitrogens with one attached hydrogen (secondary N) is 1. The van der Waals surface area contributed by atoms with Crippen molar-refractivity contribution in [1.29, 1.82) is 0 Å². The highest BCUT2D eigenvalue weighted by Crippen LogP contribution is 2.39. The maximum absolute atomic E-state index is 11.9. The highest BCUT2D eigenvalue weighted by Gasteiger charge is 2.37. The van der Waals surface area contributed by atoms with Crippen molar-refractivity contribution >= 4 is 7.60 Å². The van der Waals surface area contributed by atoms with E-state index in [-0.39, 0.29) is 12.8 Å². The van der Waals surface area contributed by atoms with Crippen LogP contribution in [0.1, 0.15) is 24.6 Å². The standard InChI is InChI=1S/C11H16N5O6P/c1-6-5-16(11(18)13-10(6)17)9-4-7(14-15-12)8(22-9)2-3-23(19,20)21/h5,7-9H,2-4H2,1H3,(H,13,17,18)(H2,19,20,21)/t7-,8+,9+/m0/s1. The lowest BCUT2D eigenvalue weighted by Gasteiger charge is -2.17. The molecule has 2 heterocycles. The van der Waals surface area contributed by atoms with E-state index in [1.807, 2.05) is 0 Å². The Bertz CT molecular complexity index is 791. The average Bonchev–Trinajstić information content (AvgIpc) is 2.83. The van der Waals surface area contributed by atoms with Crippen LogP contribution in [0.4, 0.5) is 0 Å². The zero-order chi connectivity index (χ0) is 17.2. The Balaban J connectivity index is 2.24. The number of nitrogens with zero attached hydrogens (tertiary/aromatic N) is 4. The van der Waals surface area contributed by atoms with Gasteiger partial charge >= 0.3 is 13.3 Å². The molecule has 0 aromatic carbocycles. The summed E-state index contributed by atoms with van der Waals surface area (Å²) >= 11 is 0. The lowest BCUT2D eigenvalue weighted by Crippen LogP contribution is -2.33. The summed E-state index contributed by atoms with van der Waals surface area (Å²) in [5.41, 5.74) is 7.74. The van der Waals surface area contributed by atoms with Crippen LogP contribution in [0, 0.1) is 6.92 Å². The molecule has 23 heavy (non-hydrogen) atoms. The molecule has 11 nitrogen and oxygen atoms in total. The van der Waals surface area contributed by atoms with Crippen molar-refractivity contribution in [3.05, 3.63) is 43.0 Å². The number of H-pyrrole nitrogens is 1. The predicted octanol–water partition coefficient (Wildman–Crippen LogP) is 0.379. The first-order valence-electron chi connectivity index (χ1n) is 6.77. The molecule has 0 saturated carbocycles. The van der Waals surface area contributed by atoms with Crippen molar-refractivity contribution in [3.8, 4) is 0 Å². The zero-order valence-electron chi connectivity index (χ0n) is 12.2. The van der Waals surface area contributed by atoms with Gasteiger partial charge in [-0.15, -0.1) is 0 Å². The number of rotatable bonds is 5. The normalized spacial score (nSPS) is 24.4. The van der Waals surface area contributed by atoms with Gasteiger partial charge in [-0.3, -0.25) is 18.9 Å². The first kappa shape index (κ1) is 17.5. The van der Waals surface area contributed by atoms with E-state index < -0.39 is 43.4 Å². The van der Waals surface area contributed by atoms with Gasteiger partial charge in [0.15, 0.2) is 0 Å². The number of aryl methyl sites for hydroxylation is 1. The molecule has 0 aliphatic carbocycles. The molecule has 0 amide bonds. The summed E-state index contributed by atoms with van der Waals surface area (Å²) < 4.78 is 17.8. The van der Waals surface area contributed by atoms with Gasteiger partial charge in [-0.05, 0) is 18.9 Å². The van der Waals surface area contributed by atoms with E-state index in [0.717, 1.165) is 0 Å². The van der Waals surface area contributed by atoms with Crippen molar-refractivity contribution in [1.82, 2.24) is 9.55 Å². The second-order valence-corrected chi connectivity index (χ2v) is 7.07. The highest BCUT2D eigenvalue weighted by atomic mass is 31.2. The van der Waals surface area contributed by atoms with Crippen molar-refractivity contribution in [2.24, 2.45) is 5.11 Å². The molecule has 1 aliphatic rings. The summed E-state index contributed by atoms with van der Waals surface area (Å²) in [6, 6.07) is -0.657. The molecule has 0 unspecified atom stereocenters. The first-order chi connectivity index (χ1) is 10.7. The van der Waals surface area contributed by atoms with Crippen molar-refractivity contribution in [2.75, 3.05) is 6.16 Å². The van der Waals surface area contributed by atoms with Gasteiger partial charge in [0.2, 0.25) is 0 Å². The highest BCUT2D eigenvalue weighted by molar-refractivity contribution is 7.51. The zero-order valence-corrected chi connectivity index (χ0v) is 13.1. The lowest BCUT2D eigenvalue weighted by atomic mass is 10.1. The fourth-order valence-corrected chi connectivity index (χ4v) is 3.02. The Morgan fingerprint density at radius 2 is 2.26 bits per heavy atom. The number of aromatic amines is 1. The topological polar surface area (TPSA) is 170 Å². The van der Waals surface area contributed by atoms with E-state index in [1.54, 1.807) is 0 Å². The molecule has 2 rings (SSSR count). The fraction of sp³-hybridized carbons (Fsp3) is 0.636. The van der Waals surface area contributed by atoms with Gasteiger partial charge in [0.05, 0.1) is 18.3 Å². The molecule has 1 saturated heterocycles. The average molecular weight is 345 g/mol. The summed E-state index contributed by atoms with van der Waals surface area (Å²) in [6.07, 6.45) is -0.424. The Morgan fingerprint density at radius 3 is 2.87 bits per heavy atom. The first-order valence-corrected chi connectivity index (χ1v) is 8.57. The molecule has 1 aromatic rings. The summed E-state index contributed by atoms with van der Waals surface area (Å²) in [4.78, 5) is 46.0. The minimum atomic E-state index is -4.21. The molecule has 3 atom stereocenters. The molecule has 3 N–H and O–H groups in total. The van der Waals surface area contributed by atoms with Crippen molar-refractivity contribution < 1.29 is 19.1 Å². The summed E-state index contributed by atoms with van der Waals surface area (Å²) in [7, 11) is -4.21. The minimum Gasteiger partial charge on any atom is -0.354 e. The van der Waals surface area contributed by atoms with Crippen LogP contribution in [0.25, 0.3) is 10.4 Å². The molecule has 0 radical (unpaired) electrons. The smallest absolute Gasteiger partial charge is 0.330 e. The van der Waals surface area contributed by atoms with Crippen LogP contribution < -0.4 is 11.2 Å². The van der Waals surface area contributed by atoms with Crippen LogP contribution in [0.15, 0.2) is 20.9 Å². The van der Waals surface area contributed by atoms with Crippen LogP contribution in [0.2, 0.25) is 0 Å². The SMILES string of the molecule is Cc1cn([C@H]2C[C@H](N=[N+]=[N-])[C@@H](CCP(=O)(O)O)O2)c(=O)[nH]c1=O. The van der Waals surface area contributed by atoms with Gasteiger partial charge in [0.25, 0.3) is 5.56 Å². The van der Waals surface area contributed by atoms with Crippen LogP contribution in [-0.2, 0) is 9.30 Å². The third kappa shape index (κ3) is 4.31. The summed E-state index contributed by atoms with van der Waals surface area (Å²) in [6.45, 7) is 1.53. The van der Waals surface area contributed by atoms with Gasteiger partial charge in [-0.25, -0.2) is 4.79 Å². The number of hydrogen-bond donors (Lipinski definition) is 3. The van der Waals surface area contributed by atoms with Crippen LogP contribution in [0.5, 0.6) is 0 Å². The van der Waals surface area contributed by atoms with Crippen LogP contribution in [0.3, 0.4) is 0 Å². The maximum atomic E-state index is 11.9. The summed E-state index contributed by atoms with van der Waals surface area (Å²) in [5.74, 6) is 0. The molecular weight excluding hydrogens is 329 g/mol. The molecule has 0 bridgehead atoms. The second kappa shape index (κ2) is 6.69. The van der Waals surface area contributed by atoms with E-state index in [2.05, 4.69) is 15.0 Å². The summed E-state index contributed by atoms with van der Waals surface area (Å²) in [5, 5.41) is 3.57. The van der Waals surface area contributed by atoms with E-state index >= 15 is 0 Å². The number of hydrogen-bond acceptors (Lipinski definition) is 5. The van der Waals surface area contributed by atoms with E-state index in [9.17, 15) is 14.2 Å². The maximum Gasteiger partial charge on any atom is 0.330 e. The molecule has 1 aliphatic heterocycles. The Morgan fingerprint density at radius 1 is 1.57 bits per heavy atom. The minimum absolute atomic E-state index is 0.0124.